The summed E-state index contributed by atoms with van der Waals surface area (Å²) in [5.74, 6) is 0.0347. The molecule has 0 aliphatic heterocycles. The van der Waals surface area contributed by atoms with E-state index < -0.39 is 16.2 Å². The zero-order valence-corrected chi connectivity index (χ0v) is 24.7. The van der Waals surface area contributed by atoms with E-state index in [1.165, 1.54) is 12.7 Å². The third-order valence-electron chi connectivity index (χ3n) is 11.9. The van der Waals surface area contributed by atoms with Gasteiger partial charge >= 0.3 is 5.97 Å². The fourth-order valence-electron chi connectivity index (χ4n) is 9.43. The Labute approximate surface area is 224 Å². The predicted octanol–water partition coefficient (Wildman–Crippen LogP) is 7.13. The Morgan fingerprint density at radius 2 is 1.56 bits per heavy atom. The summed E-state index contributed by atoms with van der Waals surface area (Å²) in [6.07, 6.45) is 11.8. The number of hydrogen-bond acceptors (Lipinski definition) is 4. The molecule has 5 aliphatic carbocycles. The molecule has 7 atom stereocenters. The second-order valence-electron chi connectivity index (χ2n) is 14.2. The van der Waals surface area contributed by atoms with Crippen LogP contribution in [0.15, 0.2) is 33.9 Å². The molecule has 0 heterocycles. The number of hydrogen-bond donors (Lipinski definition) is 0. The Balaban J connectivity index is 1.71. The fourth-order valence-corrected chi connectivity index (χ4v) is 10.4. The van der Waals surface area contributed by atoms with Gasteiger partial charge in [-0.05, 0) is 101 Å². The Morgan fingerprint density at radius 3 is 2.19 bits per heavy atom. The van der Waals surface area contributed by atoms with E-state index in [4.69, 9.17) is 4.74 Å². The summed E-state index contributed by atoms with van der Waals surface area (Å²) in [5, 5.41) is 0. The van der Waals surface area contributed by atoms with Crippen LogP contribution in [0.1, 0.15) is 87.0 Å². The van der Waals surface area contributed by atoms with Gasteiger partial charge in [0, 0.05) is 16.7 Å². The van der Waals surface area contributed by atoms with Crippen molar-refractivity contribution in [3.05, 3.63) is 33.9 Å². The topological polar surface area (TPSA) is 60.4 Å². The summed E-state index contributed by atoms with van der Waals surface area (Å²) in [4.78, 5) is 40.2. The molecule has 0 radical (unpaired) electrons. The summed E-state index contributed by atoms with van der Waals surface area (Å²) >= 11 is 3.58. The molecule has 36 heavy (non-hydrogen) atoms. The maximum Gasteiger partial charge on any atom is 0.315 e. The van der Waals surface area contributed by atoms with Gasteiger partial charge in [-0.2, -0.15) is 0 Å². The molecule has 0 aromatic heterocycles. The molecule has 2 fully saturated rings. The highest BCUT2D eigenvalue weighted by molar-refractivity contribution is 9.12. The Bertz CT molecular complexity index is 1170. The van der Waals surface area contributed by atoms with E-state index in [1.54, 1.807) is 0 Å². The highest BCUT2D eigenvalue weighted by Crippen LogP contribution is 2.73. The molecule has 0 spiro atoms. The molecule has 5 aliphatic rings. The third kappa shape index (κ3) is 3.01. The minimum Gasteiger partial charge on any atom is -0.468 e. The minimum absolute atomic E-state index is 0.0361. The van der Waals surface area contributed by atoms with Gasteiger partial charge in [0.05, 0.1) is 17.0 Å². The number of methoxy groups -OCH3 is 1. The predicted molar refractivity (Wildman–Crippen MR) is 144 cm³/mol. The SMILES string of the molecule is COC(=O)[C@]1(C)C=C2C3=CC(=O)[C@@H]4[C@@]5(C)C=C(Br)C(=O)C(C)(C)[C@@H]5CC[C@@]4(C)[C@]3(C)CC[C@@]2(C)CC1. The van der Waals surface area contributed by atoms with Gasteiger partial charge in [0.15, 0.2) is 11.6 Å². The number of halogens is 1. The van der Waals surface area contributed by atoms with Crippen molar-refractivity contribution in [2.24, 2.45) is 44.3 Å². The summed E-state index contributed by atoms with van der Waals surface area (Å²) in [5.41, 5.74) is 0.256. The summed E-state index contributed by atoms with van der Waals surface area (Å²) in [6.45, 7) is 15.3. The van der Waals surface area contributed by atoms with Gasteiger partial charge < -0.3 is 4.74 Å². The molecule has 2 saturated carbocycles. The van der Waals surface area contributed by atoms with Gasteiger partial charge in [-0.15, -0.1) is 0 Å². The molecular weight excluding hydrogens is 516 g/mol. The molecule has 4 nitrogen and oxygen atoms in total. The maximum atomic E-state index is 14.3. The highest BCUT2D eigenvalue weighted by atomic mass is 79.9. The lowest BCUT2D eigenvalue weighted by molar-refractivity contribution is -0.164. The summed E-state index contributed by atoms with van der Waals surface area (Å²) in [7, 11) is 1.46. The average Bonchev–Trinajstić information content (AvgIpc) is 2.79. The largest absolute Gasteiger partial charge is 0.468 e. The zero-order valence-electron chi connectivity index (χ0n) is 23.1. The van der Waals surface area contributed by atoms with Crippen LogP contribution in [0.2, 0.25) is 0 Å². The van der Waals surface area contributed by atoms with Crippen LogP contribution in [0.4, 0.5) is 0 Å². The first kappa shape index (κ1) is 26.1. The monoisotopic (exact) mass is 556 g/mol. The van der Waals surface area contributed by atoms with E-state index in [-0.39, 0.29) is 45.6 Å². The van der Waals surface area contributed by atoms with Crippen molar-refractivity contribution in [1.29, 1.82) is 0 Å². The van der Waals surface area contributed by atoms with E-state index in [2.05, 4.69) is 69.6 Å². The summed E-state index contributed by atoms with van der Waals surface area (Å²) < 4.78 is 5.81. The number of ether oxygens (including phenoxy) is 1. The highest BCUT2D eigenvalue weighted by Gasteiger charge is 2.69. The average molecular weight is 558 g/mol. The lowest BCUT2D eigenvalue weighted by Crippen LogP contribution is -2.64. The van der Waals surface area contributed by atoms with Gasteiger partial charge in [0.2, 0.25) is 0 Å². The van der Waals surface area contributed by atoms with Crippen LogP contribution in [-0.4, -0.2) is 24.6 Å². The number of carbonyl (C=O) groups excluding carboxylic acids is 3. The smallest absolute Gasteiger partial charge is 0.315 e. The fraction of sp³-hybridized carbons (Fsp3) is 0.710. The van der Waals surface area contributed by atoms with Crippen molar-refractivity contribution in [3.63, 3.8) is 0 Å². The van der Waals surface area contributed by atoms with Crippen molar-refractivity contribution in [1.82, 2.24) is 0 Å². The third-order valence-corrected chi connectivity index (χ3v) is 12.5. The minimum atomic E-state index is -0.672. The Kier molecular flexibility index (Phi) is 5.48. The van der Waals surface area contributed by atoms with Gasteiger partial charge in [-0.3, -0.25) is 14.4 Å². The van der Waals surface area contributed by atoms with Gasteiger partial charge in [-0.1, -0.05) is 53.7 Å². The van der Waals surface area contributed by atoms with Gasteiger partial charge in [0.25, 0.3) is 0 Å². The quantitative estimate of drug-likeness (QED) is 0.322. The molecule has 0 aromatic carbocycles. The van der Waals surface area contributed by atoms with Crippen molar-refractivity contribution in [2.45, 2.75) is 87.0 Å². The standard InChI is InChI=1S/C31H41BrO4/c1-26(2)22-9-10-31(7)23(29(22,5)17-20(32)24(26)34)21(33)15-18-19-16-28(4,25(35)36-8)12-11-27(19,3)13-14-30(18,31)6/h15-17,22-23H,9-14H2,1-8H3/t22-,23+,27+,28-,29-,30+,31+/m0/s1. The van der Waals surface area contributed by atoms with E-state index in [0.29, 0.717) is 4.48 Å². The lowest BCUT2D eigenvalue weighted by atomic mass is 9.35. The first-order valence-corrected chi connectivity index (χ1v) is 14.3. The Hall–Kier alpha value is -1.49. The van der Waals surface area contributed by atoms with Crippen molar-refractivity contribution >= 4 is 33.5 Å². The zero-order chi connectivity index (χ0) is 26.7. The van der Waals surface area contributed by atoms with Crippen LogP contribution < -0.4 is 0 Å². The van der Waals surface area contributed by atoms with E-state index >= 15 is 0 Å². The first-order valence-electron chi connectivity index (χ1n) is 13.5. The molecule has 5 rings (SSSR count). The van der Waals surface area contributed by atoms with Crippen LogP contribution in [-0.2, 0) is 19.1 Å². The molecule has 0 unspecified atom stereocenters. The van der Waals surface area contributed by atoms with E-state index in [9.17, 15) is 14.4 Å². The van der Waals surface area contributed by atoms with Crippen LogP contribution in [0.5, 0.6) is 0 Å². The molecule has 196 valence electrons. The van der Waals surface area contributed by atoms with Crippen molar-refractivity contribution in [2.75, 3.05) is 7.11 Å². The number of fused-ring (bicyclic) bond motifs is 7. The molecule has 0 saturated heterocycles. The van der Waals surface area contributed by atoms with Crippen molar-refractivity contribution < 1.29 is 19.1 Å². The van der Waals surface area contributed by atoms with Crippen molar-refractivity contribution in [3.8, 4) is 0 Å². The lowest BCUT2D eigenvalue weighted by Gasteiger charge is -2.68. The number of esters is 1. The normalized spacial score (nSPS) is 47.3. The second-order valence-corrected chi connectivity index (χ2v) is 15.0. The van der Waals surface area contributed by atoms with Crippen LogP contribution in [0.3, 0.4) is 0 Å². The number of ketones is 2. The first-order chi connectivity index (χ1) is 16.5. The number of carbonyl (C=O) groups is 3. The van der Waals surface area contributed by atoms with E-state index in [1.807, 2.05) is 13.0 Å². The molecule has 0 amide bonds. The Morgan fingerprint density at radius 1 is 0.917 bits per heavy atom. The maximum absolute atomic E-state index is 14.3. The molecule has 5 heteroatoms. The van der Waals surface area contributed by atoms with Crippen LogP contribution >= 0.6 is 15.9 Å². The van der Waals surface area contributed by atoms with Crippen LogP contribution in [0.25, 0.3) is 0 Å². The molecular formula is C31H41BrO4. The molecule has 0 aromatic rings. The molecule has 0 bridgehead atoms. The number of Topliss-reactive ketones (excluding diaryl/α,β-unsaturated/α-hetero) is 1. The molecule has 0 N–H and O–H groups in total. The van der Waals surface area contributed by atoms with Gasteiger partial charge in [0.1, 0.15) is 0 Å². The summed E-state index contributed by atoms with van der Waals surface area (Å²) in [6, 6.07) is 0. The van der Waals surface area contributed by atoms with Crippen LogP contribution in [0, 0.1) is 44.3 Å². The number of rotatable bonds is 1. The number of allylic oxidation sites excluding steroid dienone is 5. The van der Waals surface area contributed by atoms with Gasteiger partial charge in [-0.25, -0.2) is 0 Å². The van der Waals surface area contributed by atoms with E-state index in [0.717, 1.165) is 44.1 Å². The second kappa shape index (κ2) is 7.55.